The molecule has 32 heavy (non-hydrogen) atoms. The zero-order chi connectivity index (χ0) is 23.0. The summed E-state index contributed by atoms with van der Waals surface area (Å²) in [4.78, 5) is 43.9. The number of nitrogens with zero attached hydrogens (tertiary/aromatic N) is 5. The molecule has 0 aliphatic heterocycles. The number of nitrogens with one attached hydrogen (secondary N) is 1. The third kappa shape index (κ3) is 3.92. The van der Waals surface area contributed by atoms with Crippen LogP contribution in [0.1, 0.15) is 32.1 Å². The van der Waals surface area contributed by atoms with Crippen LogP contribution in [0.5, 0.6) is 0 Å². The van der Waals surface area contributed by atoms with E-state index in [0.29, 0.717) is 11.7 Å². The Morgan fingerprint density at radius 2 is 1.94 bits per heavy atom. The summed E-state index contributed by atoms with van der Waals surface area (Å²) in [6, 6.07) is 4.84. The van der Waals surface area contributed by atoms with Gasteiger partial charge in [0, 0.05) is 32.9 Å². The van der Waals surface area contributed by atoms with E-state index in [4.69, 9.17) is 0 Å². The SMILES string of the molecule is CN(c1ccc(NC(=O)Cn2c(=O)c3c(ncn3C)n(C)c2=O)cc1F)C1CCCCC1. The number of rotatable bonds is 5. The van der Waals surface area contributed by atoms with E-state index in [2.05, 4.69) is 10.3 Å². The number of aryl methyl sites for hydroxylation is 2. The van der Waals surface area contributed by atoms with Gasteiger partial charge in [-0.05, 0) is 31.0 Å². The Balaban J connectivity index is 1.53. The molecule has 10 heteroatoms. The largest absolute Gasteiger partial charge is 0.369 e. The Morgan fingerprint density at radius 3 is 2.62 bits per heavy atom. The van der Waals surface area contributed by atoms with Crippen molar-refractivity contribution >= 4 is 28.4 Å². The molecule has 2 aromatic heterocycles. The van der Waals surface area contributed by atoms with E-state index in [-0.39, 0.29) is 16.9 Å². The Labute approximate surface area is 184 Å². The van der Waals surface area contributed by atoms with Gasteiger partial charge in [0.2, 0.25) is 5.91 Å². The molecular formula is C22H27FN6O3. The zero-order valence-corrected chi connectivity index (χ0v) is 18.5. The van der Waals surface area contributed by atoms with Crippen LogP contribution in [-0.4, -0.2) is 37.7 Å². The van der Waals surface area contributed by atoms with Crippen LogP contribution in [0, 0.1) is 5.82 Å². The maximum absolute atomic E-state index is 14.8. The van der Waals surface area contributed by atoms with Gasteiger partial charge >= 0.3 is 5.69 Å². The first kappa shape index (κ1) is 21.8. The first-order valence-corrected chi connectivity index (χ1v) is 10.7. The number of aromatic nitrogens is 4. The van der Waals surface area contributed by atoms with E-state index in [0.717, 1.165) is 30.3 Å². The van der Waals surface area contributed by atoms with Crippen molar-refractivity contribution in [2.45, 2.75) is 44.7 Å². The quantitative estimate of drug-likeness (QED) is 0.652. The van der Waals surface area contributed by atoms with Crippen molar-refractivity contribution in [3.05, 3.63) is 51.2 Å². The molecule has 2 heterocycles. The van der Waals surface area contributed by atoms with Crippen LogP contribution >= 0.6 is 0 Å². The summed E-state index contributed by atoms with van der Waals surface area (Å²) in [5.74, 6) is -1.03. The lowest BCUT2D eigenvalue weighted by Crippen LogP contribution is -2.42. The van der Waals surface area contributed by atoms with E-state index >= 15 is 0 Å². The molecule has 0 unspecified atom stereocenters. The number of anilines is 2. The first-order chi connectivity index (χ1) is 15.3. The van der Waals surface area contributed by atoms with Crippen molar-refractivity contribution in [3.63, 3.8) is 0 Å². The van der Waals surface area contributed by atoms with Crippen LogP contribution < -0.4 is 21.5 Å². The molecular weight excluding hydrogens is 415 g/mol. The van der Waals surface area contributed by atoms with Gasteiger partial charge in [-0.2, -0.15) is 0 Å². The maximum Gasteiger partial charge on any atom is 0.332 e. The standard InChI is InChI=1S/C22H27FN6O3/c1-26-13-24-20-19(26)21(31)29(22(32)28(20)3)12-18(30)25-14-9-10-17(16(23)11-14)27(2)15-7-5-4-6-8-15/h9-11,13,15H,4-8,12H2,1-3H3,(H,25,30). The summed E-state index contributed by atoms with van der Waals surface area (Å²) in [5, 5.41) is 2.58. The highest BCUT2D eigenvalue weighted by Gasteiger charge is 2.21. The minimum absolute atomic E-state index is 0.223. The predicted octanol–water partition coefficient (Wildman–Crippen LogP) is 1.98. The van der Waals surface area contributed by atoms with Crippen molar-refractivity contribution in [3.8, 4) is 0 Å². The lowest BCUT2D eigenvalue weighted by Gasteiger charge is -2.33. The summed E-state index contributed by atoms with van der Waals surface area (Å²) >= 11 is 0. The van der Waals surface area contributed by atoms with E-state index in [1.807, 2.05) is 11.9 Å². The molecule has 9 nitrogen and oxygen atoms in total. The van der Waals surface area contributed by atoms with Crippen molar-refractivity contribution in [1.82, 2.24) is 18.7 Å². The summed E-state index contributed by atoms with van der Waals surface area (Å²) in [7, 11) is 5.02. The molecule has 1 amide bonds. The van der Waals surface area contributed by atoms with E-state index in [1.54, 1.807) is 19.2 Å². The Morgan fingerprint density at radius 1 is 1.22 bits per heavy atom. The average molecular weight is 442 g/mol. The molecule has 1 aliphatic rings. The number of imidazole rings is 1. The molecule has 1 saturated carbocycles. The summed E-state index contributed by atoms with van der Waals surface area (Å²) in [6.07, 6.45) is 7.03. The van der Waals surface area contributed by atoms with Gasteiger partial charge in [-0.3, -0.25) is 14.2 Å². The van der Waals surface area contributed by atoms with Crippen LogP contribution in [-0.2, 0) is 25.4 Å². The number of carbonyl (C=O) groups is 1. The molecule has 4 rings (SSSR count). The van der Waals surface area contributed by atoms with E-state index < -0.39 is 29.5 Å². The van der Waals surface area contributed by atoms with Crippen LogP contribution in [0.15, 0.2) is 34.1 Å². The number of hydrogen-bond acceptors (Lipinski definition) is 5. The summed E-state index contributed by atoms with van der Waals surface area (Å²) in [6.45, 7) is -0.488. The number of fused-ring (bicyclic) bond motifs is 1. The smallest absolute Gasteiger partial charge is 0.332 e. The topological polar surface area (TPSA) is 94.2 Å². The third-order valence-corrected chi connectivity index (χ3v) is 6.24. The lowest BCUT2D eigenvalue weighted by molar-refractivity contribution is -0.116. The minimum Gasteiger partial charge on any atom is -0.369 e. The zero-order valence-electron chi connectivity index (χ0n) is 18.5. The van der Waals surface area contributed by atoms with Crippen LogP contribution in [0.2, 0.25) is 0 Å². The number of amides is 1. The number of carbonyl (C=O) groups excluding carboxylic acids is 1. The molecule has 1 aliphatic carbocycles. The molecule has 0 bridgehead atoms. The number of hydrogen-bond donors (Lipinski definition) is 1. The Kier molecular flexibility index (Phi) is 5.86. The van der Waals surface area contributed by atoms with Crippen molar-refractivity contribution in [2.24, 2.45) is 14.1 Å². The van der Waals surface area contributed by atoms with Crippen molar-refractivity contribution in [2.75, 3.05) is 17.3 Å². The average Bonchev–Trinajstić information content (AvgIpc) is 3.17. The van der Waals surface area contributed by atoms with Crippen LogP contribution in [0.25, 0.3) is 11.2 Å². The van der Waals surface area contributed by atoms with E-state index in [9.17, 15) is 18.8 Å². The summed E-state index contributed by atoms with van der Waals surface area (Å²) in [5.41, 5.74) is -0.0257. The molecule has 1 N–H and O–H groups in total. The predicted molar refractivity (Wildman–Crippen MR) is 121 cm³/mol. The lowest BCUT2D eigenvalue weighted by atomic mass is 9.94. The number of halogens is 1. The fourth-order valence-electron chi connectivity index (χ4n) is 4.42. The highest BCUT2D eigenvalue weighted by atomic mass is 19.1. The highest BCUT2D eigenvalue weighted by Crippen LogP contribution is 2.29. The molecule has 3 aromatic rings. The fourth-order valence-corrected chi connectivity index (χ4v) is 4.42. The Bertz CT molecular complexity index is 1290. The molecule has 0 saturated heterocycles. The van der Waals surface area contributed by atoms with Gasteiger partial charge in [0.1, 0.15) is 12.4 Å². The number of benzene rings is 1. The van der Waals surface area contributed by atoms with Gasteiger partial charge in [-0.15, -0.1) is 0 Å². The first-order valence-electron chi connectivity index (χ1n) is 10.7. The van der Waals surface area contributed by atoms with Crippen molar-refractivity contribution < 1.29 is 9.18 Å². The minimum atomic E-state index is -0.646. The fraction of sp³-hybridized carbons (Fsp3) is 0.455. The molecule has 0 radical (unpaired) electrons. The molecule has 1 aromatic carbocycles. The Hall–Kier alpha value is -3.43. The van der Waals surface area contributed by atoms with Crippen LogP contribution in [0.4, 0.5) is 15.8 Å². The second kappa shape index (κ2) is 8.60. The van der Waals surface area contributed by atoms with Gasteiger partial charge in [0.25, 0.3) is 5.56 Å². The van der Waals surface area contributed by atoms with Gasteiger partial charge < -0.3 is 14.8 Å². The second-order valence-electron chi connectivity index (χ2n) is 8.38. The van der Waals surface area contributed by atoms with Gasteiger partial charge in [0.05, 0.1) is 12.0 Å². The van der Waals surface area contributed by atoms with Crippen molar-refractivity contribution in [1.29, 1.82) is 0 Å². The highest BCUT2D eigenvalue weighted by molar-refractivity contribution is 5.91. The maximum atomic E-state index is 14.8. The summed E-state index contributed by atoms with van der Waals surface area (Å²) < 4.78 is 18.4. The molecule has 170 valence electrons. The van der Waals surface area contributed by atoms with Crippen LogP contribution in [0.3, 0.4) is 0 Å². The second-order valence-corrected chi connectivity index (χ2v) is 8.38. The monoisotopic (exact) mass is 442 g/mol. The van der Waals surface area contributed by atoms with E-state index in [1.165, 1.54) is 35.0 Å². The third-order valence-electron chi connectivity index (χ3n) is 6.24. The van der Waals surface area contributed by atoms with Gasteiger partial charge in [-0.1, -0.05) is 19.3 Å². The van der Waals surface area contributed by atoms with Gasteiger partial charge in [-0.25, -0.2) is 18.7 Å². The normalized spacial score (nSPS) is 14.6. The molecule has 1 fully saturated rings. The molecule has 0 atom stereocenters. The van der Waals surface area contributed by atoms with Gasteiger partial charge in [0.15, 0.2) is 11.2 Å². The molecule has 0 spiro atoms.